The minimum absolute atomic E-state index is 0.0826. The van der Waals surface area contributed by atoms with E-state index in [0.717, 1.165) is 22.0 Å². The summed E-state index contributed by atoms with van der Waals surface area (Å²) in [6, 6.07) is 9.92. The molecule has 0 aliphatic heterocycles. The highest BCUT2D eigenvalue weighted by Crippen LogP contribution is 2.27. The van der Waals surface area contributed by atoms with Crippen LogP contribution in [0.5, 0.6) is 0 Å². The van der Waals surface area contributed by atoms with Gasteiger partial charge < -0.3 is 5.32 Å². The van der Waals surface area contributed by atoms with Gasteiger partial charge in [-0.3, -0.25) is 9.78 Å². The molecule has 4 heteroatoms. The van der Waals surface area contributed by atoms with E-state index in [1.165, 1.54) is 0 Å². The van der Waals surface area contributed by atoms with E-state index in [2.05, 4.69) is 26.2 Å². The van der Waals surface area contributed by atoms with Crippen LogP contribution in [-0.4, -0.2) is 16.9 Å². The van der Waals surface area contributed by atoms with Crippen molar-refractivity contribution in [1.82, 2.24) is 10.3 Å². The molecule has 0 saturated heterocycles. The molecule has 1 heterocycles. The Labute approximate surface area is 127 Å². The lowest BCUT2D eigenvalue weighted by Gasteiger charge is -2.12. The summed E-state index contributed by atoms with van der Waals surface area (Å²) in [7, 11) is 0. The van der Waals surface area contributed by atoms with Crippen LogP contribution in [0.2, 0.25) is 0 Å². The predicted octanol–water partition coefficient (Wildman–Crippen LogP) is 4.04. The number of nitrogens with zero attached hydrogens (tertiary/aromatic N) is 1. The minimum Gasteiger partial charge on any atom is -0.350 e. The third kappa shape index (κ3) is 3.45. The summed E-state index contributed by atoms with van der Waals surface area (Å²) in [5.41, 5.74) is 2.53. The fourth-order valence-electron chi connectivity index (χ4n) is 1.82. The van der Waals surface area contributed by atoms with Gasteiger partial charge in [0.15, 0.2) is 0 Å². The van der Waals surface area contributed by atoms with Crippen LogP contribution in [0.3, 0.4) is 0 Å². The summed E-state index contributed by atoms with van der Waals surface area (Å²) < 4.78 is 0.987. The number of aromatic nitrogens is 1. The average Bonchev–Trinajstić information content (AvgIpc) is 2.47. The van der Waals surface area contributed by atoms with Gasteiger partial charge >= 0.3 is 0 Å². The Bertz CT molecular complexity index is 613. The molecule has 0 fully saturated rings. The van der Waals surface area contributed by atoms with E-state index in [4.69, 9.17) is 0 Å². The molecule has 0 unspecified atom stereocenters. The zero-order valence-corrected chi connectivity index (χ0v) is 13.1. The topological polar surface area (TPSA) is 42.0 Å². The molecule has 0 aliphatic carbocycles. The highest BCUT2D eigenvalue weighted by atomic mass is 79.9. The van der Waals surface area contributed by atoms with Gasteiger partial charge in [-0.25, -0.2) is 0 Å². The number of halogens is 1. The van der Waals surface area contributed by atoms with Crippen LogP contribution in [0.4, 0.5) is 0 Å². The maximum Gasteiger partial charge on any atom is 0.253 e. The molecule has 1 atom stereocenters. The van der Waals surface area contributed by atoms with Gasteiger partial charge in [-0.15, -0.1) is 0 Å². The van der Waals surface area contributed by atoms with Crippen molar-refractivity contribution in [3.63, 3.8) is 0 Å². The normalized spacial score (nSPS) is 11.9. The Kier molecular flexibility index (Phi) is 4.90. The summed E-state index contributed by atoms with van der Waals surface area (Å²) in [5, 5.41) is 2.95. The van der Waals surface area contributed by atoms with Gasteiger partial charge in [0.1, 0.15) is 0 Å². The first-order valence-corrected chi connectivity index (χ1v) is 7.42. The largest absolute Gasteiger partial charge is 0.350 e. The zero-order valence-electron chi connectivity index (χ0n) is 11.6. The third-order valence-electron chi connectivity index (χ3n) is 3.18. The fraction of sp³-hybridized carbons (Fsp3) is 0.250. The van der Waals surface area contributed by atoms with Gasteiger partial charge in [-0.05, 0) is 31.0 Å². The Morgan fingerprint density at radius 3 is 2.80 bits per heavy atom. The molecule has 0 spiro atoms. The number of pyridine rings is 1. The molecule has 104 valence electrons. The highest BCUT2D eigenvalue weighted by molar-refractivity contribution is 9.10. The molecule has 1 aromatic carbocycles. The number of hydrogen-bond donors (Lipinski definition) is 1. The molecule has 1 amide bonds. The van der Waals surface area contributed by atoms with E-state index in [9.17, 15) is 4.79 Å². The second-order valence-electron chi connectivity index (χ2n) is 4.72. The van der Waals surface area contributed by atoms with Gasteiger partial charge in [-0.1, -0.05) is 41.1 Å². The smallest absolute Gasteiger partial charge is 0.253 e. The van der Waals surface area contributed by atoms with Crippen molar-refractivity contribution in [2.45, 2.75) is 26.3 Å². The van der Waals surface area contributed by atoms with Crippen LogP contribution in [0.15, 0.2) is 47.2 Å². The van der Waals surface area contributed by atoms with Crippen molar-refractivity contribution in [2.24, 2.45) is 0 Å². The molecule has 0 aliphatic rings. The maximum atomic E-state index is 12.1. The van der Waals surface area contributed by atoms with Crippen molar-refractivity contribution in [1.29, 1.82) is 0 Å². The first-order chi connectivity index (χ1) is 9.61. The first-order valence-electron chi connectivity index (χ1n) is 6.62. The first kappa shape index (κ1) is 14.7. The maximum absolute atomic E-state index is 12.1. The SMILES string of the molecule is CC[C@H](C)NC(=O)c1cncc(-c2ccccc2Br)c1. The van der Waals surface area contributed by atoms with Crippen molar-refractivity contribution in [3.05, 3.63) is 52.8 Å². The Morgan fingerprint density at radius 2 is 2.10 bits per heavy atom. The number of carbonyl (C=O) groups excluding carboxylic acids is 1. The lowest BCUT2D eigenvalue weighted by atomic mass is 10.1. The van der Waals surface area contributed by atoms with E-state index in [-0.39, 0.29) is 11.9 Å². The monoisotopic (exact) mass is 332 g/mol. The summed E-state index contributed by atoms with van der Waals surface area (Å²) in [6.07, 6.45) is 4.27. The second-order valence-corrected chi connectivity index (χ2v) is 5.58. The summed E-state index contributed by atoms with van der Waals surface area (Å²) >= 11 is 3.52. The Hall–Kier alpha value is -1.68. The zero-order chi connectivity index (χ0) is 14.5. The van der Waals surface area contributed by atoms with E-state index < -0.39 is 0 Å². The number of hydrogen-bond acceptors (Lipinski definition) is 2. The van der Waals surface area contributed by atoms with Crippen molar-refractivity contribution in [2.75, 3.05) is 0 Å². The second kappa shape index (κ2) is 6.66. The third-order valence-corrected chi connectivity index (χ3v) is 3.87. The lowest BCUT2D eigenvalue weighted by Crippen LogP contribution is -2.31. The number of nitrogens with one attached hydrogen (secondary N) is 1. The van der Waals surface area contributed by atoms with Crippen LogP contribution in [0.25, 0.3) is 11.1 Å². The molecular weight excluding hydrogens is 316 g/mol. The van der Waals surface area contributed by atoms with Gasteiger partial charge in [0.05, 0.1) is 5.56 Å². The van der Waals surface area contributed by atoms with Gasteiger partial charge in [0, 0.05) is 28.5 Å². The van der Waals surface area contributed by atoms with E-state index in [1.54, 1.807) is 12.4 Å². The molecule has 0 radical (unpaired) electrons. The molecule has 20 heavy (non-hydrogen) atoms. The van der Waals surface area contributed by atoms with Gasteiger partial charge in [0.25, 0.3) is 5.91 Å². The van der Waals surface area contributed by atoms with E-state index >= 15 is 0 Å². The van der Waals surface area contributed by atoms with Crippen LogP contribution in [-0.2, 0) is 0 Å². The summed E-state index contributed by atoms with van der Waals surface area (Å²) in [5.74, 6) is -0.0826. The molecule has 2 rings (SSSR count). The van der Waals surface area contributed by atoms with Crippen molar-refractivity contribution in [3.8, 4) is 11.1 Å². The molecule has 2 aromatic rings. The summed E-state index contributed by atoms with van der Waals surface area (Å²) in [4.78, 5) is 16.3. The van der Waals surface area contributed by atoms with Crippen molar-refractivity contribution >= 4 is 21.8 Å². The molecule has 3 nitrogen and oxygen atoms in total. The van der Waals surface area contributed by atoms with Crippen LogP contribution < -0.4 is 5.32 Å². The van der Waals surface area contributed by atoms with E-state index in [1.807, 2.05) is 44.2 Å². The summed E-state index contributed by atoms with van der Waals surface area (Å²) in [6.45, 7) is 4.03. The number of amides is 1. The lowest BCUT2D eigenvalue weighted by molar-refractivity contribution is 0.0939. The molecule has 0 bridgehead atoms. The molecule has 1 aromatic heterocycles. The van der Waals surface area contributed by atoms with Crippen LogP contribution >= 0.6 is 15.9 Å². The minimum atomic E-state index is -0.0826. The Balaban J connectivity index is 2.29. The number of benzene rings is 1. The Morgan fingerprint density at radius 1 is 1.35 bits per heavy atom. The predicted molar refractivity (Wildman–Crippen MR) is 84.6 cm³/mol. The van der Waals surface area contributed by atoms with Gasteiger partial charge in [-0.2, -0.15) is 0 Å². The molecule has 1 N–H and O–H groups in total. The average molecular weight is 333 g/mol. The molecule has 0 saturated carbocycles. The van der Waals surface area contributed by atoms with Crippen molar-refractivity contribution < 1.29 is 4.79 Å². The van der Waals surface area contributed by atoms with E-state index in [0.29, 0.717) is 5.56 Å². The standard InChI is InChI=1S/C16H17BrN2O/c1-3-11(2)19-16(20)13-8-12(9-18-10-13)14-6-4-5-7-15(14)17/h4-11H,3H2,1-2H3,(H,19,20)/t11-/m0/s1. The fourth-order valence-corrected chi connectivity index (χ4v) is 2.33. The number of rotatable bonds is 4. The van der Waals surface area contributed by atoms with Crippen LogP contribution in [0.1, 0.15) is 30.6 Å². The molecular formula is C16H17BrN2O. The van der Waals surface area contributed by atoms with Crippen LogP contribution in [0, 0.1) is 0 Å². The number of carbonyl (C=O) groups is 1. The quantitative estimate of drug-likeness (QED) is 0.917. The van der Waals surface area contributed by atoms with Gasteiger partial charge in [0.2, 0.25) is 0 Å². The highest BCUT2D eigenvalue weighted by Gasteiger charge is 2.11.